The molecule has 2 N–H and O–H groups in total. The Hall–Kier alpha value is -1.66. The van der Waals surface area contributed by atoms with Crippen LogP contribution in [0.1, 0.15) is 54.2 Å². The Morgan fingerprint density at radius 1 is 1.40 bits per heavy atom. The average molecular weight is 347 g/mol. The molecule has 1 amide bonds. The van der Waals surface area contributed by atoms with Gasteiger partial charge in [0.15, 0.2) is 0 Å². The SMILES string of the molecule is Cc1cc(N2CCOCC2)nc(C2CC2)c1C(=O)NCC(C)C(C)O. The molecule has 1 aliphatic heterocycles. The summed E-state index contributed by atoms with van der Waals surface area (Å²) in [5, 5.41) is 12.6. The molecule has 1 saturated heterocycles. The van der Waals surface area contributed by atoms with Crippen LogP contribution in [0.25, 0.3) is 0 Å². The maximum atomic E-state index is 12.8. The third-order valence-electron chi connectivity index (χ3n) is 5.17. The van der Waals surface area contributed by atoms with Crippen LogP contribution in [-0.2, 0) is 4.74 Å². The molecule has 0 aromatic carbocycles. The van der Waals surface area contributed by atoms with Crippen molar-refractivity contribution in [1.29, 1.82) is 0 Å². The number of carbonyl (C=O) groups is 1. The van der Waals surface area contributed by atoms with Gasteiger partial charge in [-0.15, -0.1) is 0 Å². The summed E-state index contributed by atoms with van der Waals surface area (Å²) in [6, 6.07) is 2.02. The van der Waals surface area contributed by atoms with Crippen molar-refractivity contribution in [2.45, 2.75) is 45.6 Å². The monoisotopic (exact) mass is 347 g/mol. The molecule has 2 aliphatic rings. The molecule has 2 heterocycles. The highest BCUT2D eigenvalue weighted by Crippen LogP contribution is 2.42. The van der Waals surface area contributed by atoms with E-state index >= 15 is 0 Å². The Balaban J connectivity index is 1.82. The molecular formula is C19H29N3O3. The van der Waals surface area contributed by atoms with Gasteiger partial charge in [0.2, 0.25) is 0 Å². The summed E-state index contributed by atoms with van der Waals surface area (Å²) in [6.07, 6.45) is 1.76. The normalized spacial score (nSPS) is 20.2. The van der Waals surface area contributed by atoms with Gasteiger partial charge in [-0.3, -0.25) is 4.79 Å². The fourth-order valence-electron chi connectivity index (χ4n) is 3.09. The molecule has 2 fully saturated rings. The molecule has 3 rings (SSSR count). The number of aryl methyl sites for hydroxylation is 1. The van der Waals surface area contributed by atoms with Gasteiger partial charge in [0, 0.05) is 25.6 Å². The summed E-state index contributed by atoms with van der Waals surface area (Å²) in [6.45, 7) is 9.26. The number of hydrogen-bond acceptors (Lipinski definition) is 5. The van der Waals surface area contributed by atoms with Gasteiger partial charge in [-0.1, -0.05) is 6.92 Å². The number of morpholine rings is 1. The van der Waals surface area contributed by atoms with Crippen molar-refractivity contribution >= 4 is 11.7 Å². The molecule has 138 valence electrons. The van der Waals surface area contributed by atoms with Crippen molar-refractivity contribution in [3.63, 3.8) is 0 Å². The van der Waals surface area contributed by atoms with Crippen LogP contribution < -0.4 is 10.2 Å². The maximum Gasteiger partial charge on any atom is 0.253 e. The smallest absolute Gasteiger partial charge is 0.253 e. The molecule has 25 heavy (non-hydrogen) atoms. The third-order valence-corrected chi connectivity index (χ3v) is 5.17. The van der Waals surface area contributed by atoms with Crippen molar-refractivity contribution in [3.8, 4) is 0 Å². The second kappa shape index (κ2) is 7.70. The predicted octanol–water partition coefficient (Wildman–Crippen LogP) is 1.85. The van der Waals surface area contributed by atoms with Crippen LogP contribution in [0, 0.1) is 12.8 Å². The standard InChI is InChI=1S/C19H29N3O3/c1-12-10-16(22-6-8-25-9-7-22)21-18(15-4-5-15)17(12)19(24)20-11-13(2)14(3)23/h10,13-15,23H,4-9,11H2,1-3H3,(H,20,24). The number of ether oxygens (including phenoxy) is 1. The number of amides is 1. The first-order valence-corrected chi connectivity index (χ1v) is 9.28. The number of nitrogens with zero attached hydrogens (tertiary/aromatic N) is 2. The number of nitrogens with one attached hydrogen (secondary N) is 1. The summed E-state index contributed by atoms with van der Waals surface area (Å²) in [7, 11) is 0. The predicted molar refractivity (Wildman–Crippen MR) is 97.2 cm³/mol. The van der Waals surface area contributed by atoms with Crippen molar-refractivity contribution in [3.05, 3.63) is 22.9 Å². The second-order valence-electron chi connectivity index (χ2n) is 7.36. The highest BCUT2D eigenvalue weighted by atomic mass is 16.5. The van der Waals surface area contributed by atoms with Crippen LogP contribution in [0.4, 0.5) is 5.82 Å². The van der Waals surface area contributed by atoms with E-state index in [0.29, 0.717) is 12.5 Å². The Bertz CT molecular complexity index is 623. The first kappa shape index (κ1) is 18.1. The van der Waals surface area contributed by atoms with Crippen LogP contribution >= 0.6 is 0 Å². The maximum absolute atomic E-state index is 12.8. The molecule has 2 unspecified atom stereocenters. The molecule has 6 heteroatoms. The van der Waals surface area contributed by atoms with Gasteiger partial charge in [-0.05, 0) is 44.2 Å². The summed E-state index contributed by atoms with van der Waals surface area (Å²) >= 11 is 0. The van der Waals surface area contributed by atoms with E-state index < -0.39 is 6.10 Å². The fraction of sp³-hybridized carbons (Fsp3) is 0.684. The van der Waals surface area contributed by atoms with Gasteiger partial charge in [-0.2, -0.15) is 0 Å². The molecule has 0 spiro atoms. The quantitative estimate of drug-likeness (QED) is 0.821. The topological polar surface area (TPSA) is 74.7 Å². The van der Waals surface area contributed by atoms with E-state index in [1.807, 2.05) is 19.9 Å². The third kappa shape index (κ3) is 4.30. The Labute approximate surface area is 149 Å². The number of pyridine rings is 1. The highest BCUT2D eigenvalue weighted by Gasteiger charge is 2.32. The highest BCUT2D eigenvalue weighted by molar-refractivity contribution is 5.97. The van der Waals surface area contributed by atoms with Crippen molar-refractivity contribution in [2.75, 3.05) is 37.7 Å². The largest absolute Gasteiger partial charge is 0.393 e. The number of hydrogen-bond donors (Lipinski definition) is 2. The minimum atomic E-state index is -0.439. The number of rotatable bonds is 6. The average Bonchev–Trinajstić information content (AvgIpc) is 3.44. The molecule has 1 saturated carbocycles. The van der Waals surface area contributed by atoms with E-state index in [4.69, 9.17) is 9.72 Å². The fourth-order valence-corrected chi connectivity index (χ4v) is 3.09. The number of aliphatic hydroxyl groups is 1. The van der Waals surface area contributed by atoms with Crippen LogP contribution in [0.3, 0.4) is 0 Å². The zero-order chi connectivity index (χ0) is 18.0. The van der Waals surface area contributed by atoms with E-state index in [1.54, 1.807) is 6.92 Å². The number of carbonyl (C=O) groups excluding carboxylic acids is 1. The van der Waals surface area contributed by atoms with E-state index in [9.17, 15) is 9.90 Å². The van der Waals surface area contributed by atoms with Gasteiger partial charge in [-0.25, -0.2) is 4.98 Å². The van der Waals surface area contributed by atoms with E-state index in [0.717, 1.165) is 61.8 Å². The minimum Gasteiger partial charge on any atom is -0.393 e. The molecule has 0 radical (unpaired) electrons. The zero-order valence-corrected chi connectivity index (χ0v) is 15.4. The van der Waals surface area contributed by atoms with E-state index in [1.165, 1.54) is 0 Å². The molecule has 1 aromatic heterocycles. The molecule has 1 aromatic rings. The molecule has 0 bridgehead atoms. The molecule has 1 aliphatic carbocycles. The lowest BCUT2D eigenvalue weighted by Crippen LogP contribution is -2.37. The Morgan fingerprint density at radius 2 is 2.08 bits per heavy atom. The lowest BCUT2D eigenvalue weighted by molar-refractivity contribution is 0.0915. The van der Waals surface area contributed by atoms with Gasteiger partial charge < -0.3 is 20.1 Å². The first-order chi connectivity index (χ1) is 12.0. The van der Waals surface area contributed by atoms with E-state index in [2.05, 4.69) is 10.2 Å². The number of aromatic nitrogens is 1. The number of aliphatic hydroxyl groups excluding tert-OH is 1. The lowest BCUT2D eigenvalue weighted by atomic mass is 10.0. The molecule has 6 nitrogen and oxygen atoms in total. The lowest BCUT2D eigenvalue weighted by Gasteiger charge is -2.29. The van der Waals surface area contributed by atoms with Crippen molar-refractivity contribution in [1.82, 2.24) is 10.3 Å². The van der Waals surface area contributed by atoms with Crippen LogP contribution in [0.5, 0.6) is 0 Å². The minimum absolute atomic E-state index is 0.0224. The van der Waals surface area contributed by atoms with Crippen molar-refractivity contribution < 1.29 is 14.6 Å². The second-order valence-corrected chi connectivity index (χ2v) is 7.36. The van der Waals surface area contributed by atoms with Crippen LogP contribution in [0.2, 0.25) is 0 Å². The molecule has 2 atom stereocenters. The zero-order valence-electron chi connectivity index (χ0n) is 15.4. The van der Waals surface area contributed by atoms with Crippen LogP contribution in [0.15, 0.2) is 6.07 Å². The van der Waals surface area contributed by atoms with E-state index in [-0.39, 0.29) is 11.8 Å². The van der Waals surface area contributed by atoms with Gasteiger partial charge in [0.25, 0.3) is 5.91 Å². The van der Waals surface area contributed by atoms with Crippen LogP contribution in [-0.4, -0.2) is 54.9 Å². The van der Waals surface area contributed by atoms with Gasteiger partial charge in [0.1, 0.15) is 5.82 Å². The summed E-state index contributed by atoms with van der Waals surface area (Å²) in [4.78, 5) is 19.9. The molecular weight excluding hydrogens is 318 g/mol. The van der Waals surface area contributed by atoms with Crippen molar-refractivity contribution in [2.24, 2.45) is 5.92 Å². The summed E-state index contributed by atoms with van der Waals surface area (Å²) < 4.78 is 5.42. The first-order valence-electron chi connectivity index (χ1n) is 9.28. The van der Waals surface area contributed by atoms with Gasteiger partial charge in [0.05, 0.1) is 30.6 Å². The summed E-state index contributed by atoms with van der Waals surface area (Å²) in [5.41, 5.74) is 2.63. The van der Waals surface area contributed by atoms with Gasteiger partial charge >= 0.3 is 0 Å². The Kier molecular flexibility index (Phi) is 5.59. The Morgan fingerprint density at radius 3 is 2.68 bits per heavy atom. The summed E-state index contributed by atoms with van der Waals surface area (Å²) in [5.74, 6) is 1.30. The number of anilines is 1.